The summed E-state index contributed by atoms with van der Waals surface area (Å²) in [6, 6.07) is 10.4. The first-order valence-electron chi connectivity index (χ1n) is 5.87. The van der Waals surface area contributed by atoms with Crippen LogP contribution in [-0.4, -0.2) is 5.91 Å². The zero-order valence-corrected chi connectivity index (χ0v) is 10.8. The van der Waals surface area contributed by atoms with Crippen molar-refractivity contribution in [2.75, 3.05) is 0 Å². The summed E-state index contributed by atoms with van der Waals surface area (Å²) in [5.74, 6) is 5.84. The Hall–Kier alpha value is -2.78. The first-order chi connectivity index (χ1) is 9.63. The summed E-state index contributed by atoms with van der Waals surface area (Å²) in [6.07, 6.45) is 0. The van der Waals surface area contributed by atoms with E-state index in [-0.39, 0.29) is 12.4 Å². The fourth-order valence-electron chi connectivity index (χ4n) is 1.66. The molecule has 2 rings (SSSR count). The fraction of sp³-hybridized carbons (Fsp3) is 0.143. The van der Waals surface area contributed by atoms with E-state index >= 15 is 0 Å². The summed E-state index contributed by atoms with van der Waals surface area (Å²) in [5, 5.41) is 8.81. The Balaban J connectivity index is 2.09. The molecule has 0 aliphatic heterocycles. The molecule has 3 N–H and O–H groups in total. The van der Waals surface area contributed by atoms with Gasteiger partial charge in [-0.1, -0.05) is 6.07 Å². The molecule has 0 aliphatic carbocycles. The van der Waals surface area contributed by atoms with Crippen molar-refractivity contribution in [3.8, 4) is 11.8 Å². The van der Waals surface area contributed by atoms with Gasteiger partial charge in [0.15, 0.2) is 5.76 Å². The maximum absolute atomic E-state index is 11.3. The Kier molecular flexibility index (Phi) is 4.03. The van der Waals surface area contributed by atoms with E-state index in [2.05, 4.69) is 0 Å². The molecule has 6 heteroatoms. The molecule has 0 saturated heterocycles. The summed E-state index contributed by atoms with van der Waals surface area (Å²) in [5.41, 5.74) is 3.27. The number of hydrogen-bond donors (Lipinski definition) is 2. The number of nitrogens with two attached hydrogens (primary N) is 1. The Bertz CT molecular complexity index is 671. The van der Waals surface area contributed by atoms with Crippen molar-refractivity contribution in [2.45, 2.75) is 13.5 Å². The van der Waals surface area contributed by atoms with E-state index in [1.165, 1.54) is 0 Å². The Morgan fingerprint density at radius 1 is 1.50 bits per heavy atom. The van der Waals surface area contributed by atoms with Gasteiger partial charge >= 0.3 is 5.91 Å². The molecular weight excluding hydrogens is 258 g/mol. The van der Waals surface area contributed by atoms with Gasteiger partial charge in [-0.25, -0.2) is 5.84 Å². The number of benzene rings is 1. The molecule has 0 saturated carbocycles. The Labute approximate surface area is 115 Å². The number of amides is 1. The molecule has 0 spiro atoms. The lowest BCUT2D eigenvalue weighted by atomic mass is 10.2. The predicted molar refractivity (Wildman–Crippen MR) is 70.6 cm³/mol. The van der Waals surface area contributed by atoms with Crippen molar-refractivity contribution in [3.05, 3.63) is 53.0 Å². The number of carbonyl (C=O) groups excluding carboxylic acids is 1. The Morgan fingerprint density at radius 3 is 3.00 bits per heavy atom. The number of rotatable bonds is 4. The van der Waals surface area contributed by atoms with E-state index in [9.17, 15) is 4.79 Å². The third kappa shape index (κ3) is 2.96. The number of nitriles is 1. The van der Waals surface area contributed by atoms with Crippen molar-refractivity contribution in [1.29, 1.82) is 5.26 Å². The number of nitrogen functional groups attached to an aromatic ring is 1. The first-order valence-corrected chi connectivity index (χ1v) is 5.87. The van der Waals surface area contributed by atoms with Crippen LogP contribution in [0.5, 0.6) is 5.75 Å². The molecule has 102 valence electrons. The average molecular weight is 271 g/mol. The van der Waals surface area contributed by atoms with E-state index in [4.69, 9.17) is 20.3 Å². The molecule has 20 heavy (non-hydrogen) atoms. The zero-order chi connectivity index (χ0) is 14.5. The van der Waals surface area contributed by atoms with Crippen LogP contribution in [-0.2, 0) is 6.61 Å². The number of hydrogen-bond acceptors (Lipinski definition) is 5. The molecule has 0 atom stereocenters. The third-order valence-electron chi connectivity index (χ3n) is 2.73. The monoisotopic (exact) mass is 271 g/mol. The van der Waals surface area contributed by atoms with Crippen LogP contribution in [0.3, 0.4) is 0 Å². The highest BCUT2D eigenvalue weighted by molar-refractivity contribution is 5.91. The van der Waals surface area contributed by atoms with Crippen LogP contribution in [0, 0.1) is 18.3 Å². The molecule has 2 aromatic rings. The number of nitrogens with zero attached hydrogens (tertiary/aromatic N) is 1. The van der Waals surface area contributed by atoms with E-state index in [0.717, 1.165) is 5.56 Å². The van der Waals surface area contributed by atoms with Crippen LogP contribution in [0.1, 0.15) is 27.4 Å². The molecule has 1 amide bonds. The van der Waals surface area contributed by atoms with Gasteiger partial charge in [0, 0.05) is 5.56 Å². The molecule has 1 aromatic carbocycles. The van der Waals surface area contributed by atoms with Gasteiger partial charge in [-0.15, -0.1) is 0 Å². The highest BCUT2D eigenvalue weighted by atomic mass is 16.5. The number of furan rings is 1. The minimum Gasteiger partial charge on any atom is -0.489 e. The second kappa shape index (κ2) is 5.91. The fourth-order valence-corrected chi connectivity index (χ4v) is 1.66. The molecule has 1 aromatic heterocycles. The van der Waals surface area contributed by atoms with Crippen LogP contribution in [0.15, 0.2) is 34.7 Å². The van der Waals surface area contributed by atoms with Crippen molar-refractivity contribution >= 4 is 5.91 Å². The molecule has 0 unspecified atom stereocenters. The minimum absolute atomic E-state index is 0.134. The SMILES string of the molecule is Cc1oc(C(=O)NN)cc1COc1cccc(C#N)c1. The van der Waals surface area contributed by atoms with Gasteiger partial charge < -0.3 is 9.15 Å². The molecule has 6 nitrogen and oxygen atoms in total. The maximum Gasteiger partial charge on any atom is 0.300 e. The number of aryl methyl sites for hydroxylation is 1. The molecule has 0 fully saturated rings. The molecule has 0 bridgehead atoms. The lowest BCUT2D eigenvalue weighted by Gasteiger charge is -2.05. The summed E-state index contributed by atoms with van der Waals surface area (Å²) >= 11 is 0. The van der Waals surface area contributed by atoms with Crippen LogP contribution >= 0.6 is 0 Å². The van der Waals surface area contributed by atoms with E-state index < -0.39 is 5.91 Å². The lowest BCUT2D eigenvalue weighted by molar-refractivity contribution is 0.0924. The largest absolute Gasteiger partial charge is 0.489 e. The standard InChI is InChI=1S/C14H13N3O3/c1-9-11(6-13(20-9)14(18)17-16)8-19-12-4-2-3-10(5-12)7-15/h2-6H,8,16H2,1H3,(H,17,18). The van der Waals surface area contributed by atoms with Gasteiger partial charge in [-0.2, -0.15) is 5.26 Å². The number of carbonyl (C=O) groups is 1. The average Bonchev–Trinajstić information content (AvgIpc) is 2.85. The molecular formula is C14H13N3O3. The van der Waals surface area contributed by atoms with Crippen LogP contribution in [0.4, 0.5) is 0 Å². The quantitative estimate of drug-likeness (QED) is 0.500. The van der Waals surface area contributed by atoms with Gasteiger partial charge in [0.05, 0.1) is 11.6 Å². The predicted octanol–water partition coefficient (Wildman–Crippen LogP) is 1.64. The topological polar surface area (TPSA) is 101 Å². The van der Waals surface area contributed by atoms with Crippen molar-refractivity contribution < 1.29 is 13.9 Å². The summed E-state index contributed by atoms with van der Waals surface area (Å²) in [6.45, 7) is 1.97. The van der Waals surface area contributed by atoms with Crippen molar-refractivity contribution in [1.82, 2.24) is 5.43 Å². The van der Waals surface area contributed by atoms with Crippen molar-refractivity contribution in [2.24, 2.45) is 5.84 Å². The molecule has 1 heterocycles. The van der Waals surface area contributed by atoms with Gasteiger partial charge in [-0.05, 0) is 31.2 Å². The van der Waals surface area contributed by atoms with Gasteiger partial charge in [0.2, 0.25) is 0 Å². The summed E-state index contributed by atoms with van der Waals surface area (Å²) in [7, 11) is 0. The summed E-state index contributed by atoms with van der Waals surface area (Å²) < 4.78 is 10.8. The van der Waals surface area contributed by atoms with Crippen molar-refractivity contribution in [3.63, 3.8) is 0 Å². The second-order valence-corrected chi connectivity index (χ2v) is 4.09. The smallest absolute Gasteiger partial charge is 0.300 e. The number of ether oxygens (including phenoxy) is 1. The van der Waals surface area contributed by atoms with E-state index in [0.29, 0.717) is 17.1 Å². The number of nitrogens with one attached hydrogen (secondary N) is 1. The van der Waals surface area contributed by atoms with Crippen LogP contribution in [0.2, 0.25) is 0 Å². The molecule has 0 aliphatic rings. The van der Waals surface area contributed by atoms with Crippen LogP contribution in [0.25, 0.3) is 0 Å². The van der Waals surface area contributed by atoms with Gasteiger partial charge in [0.1, 0.15) is 18.1 Å². The maximum atomic E-state index is 11.3. The molecule has 0 radical (unpaired) electrons. The first kappa shape index (κ1) is 13.6. The van der Waals surface area contributed by atoms with E-state index in [1.807, 2.05) is 11.5 Å². The highest BCUT2D eigenvalue weighted by Crippen LogP contribution is 2.19. The lowest BCUT2D eigenvalue weighted by Crippen LogP contribution is -2.29. The number of hydrazine groups is 1. The normalized spacial score (nSPS) is 9.85. The van der Waals surface area contributed by atoms with Gasteiger partial charge in [-0.3, -0.25) is 10.2 Å². The van der Waals surface area contributed by atoms with E-state index in [1.54, 1.807) is 37.3 Å². The summed E-state index contributed by atoms with van der Waals surface area (Å²) in [4.78, 5) is 11.3. The third-order valence-corrected chi connectivity index (χ3v) is 2.73. The minimum atomic E-state index is -0.495. The van der Waals surface area contributed by atoms with Gasteiger partial charge in [0.25, 0.3) is 0 Å². The Morgan fingerprint density at radius 2 is 2.30 bits per heavy atom. The second-order valence-electron chi connectivity index (χ2n) is 4.09. The highest BCUT2D eigenvalue weighted by Gasteiger charge is 2.13. The zero-order valence-electron chi connectivity index (χ0n) is 10.8. The van der Waals surface area contributed by atoms with Crippen LogP contribution < -0.4 is 16.0 Å².